The topological polar surface area (TPSA) is 83.3 Å². The molecule has 0 atom stereocenters. The van der Waals surface area contributed by atoms with Crippen molar-refractivity contribution in [3.8, 4) is 0 Å². The van der Waals surface area contributed by atoms with Crippen LogP contribution in [0, 0.1) is 0 Å². The van der Waals surface area contributed by atoms with E-state index in [1.165, 1.54) is 4.90 Å². The Kier molecular flexibility index (Phi) is 4.38. The molecule has 0 aromatic carbocycles. The molecule has 0 aliphatic carbocycles. The van der Waals surface area contributed by atoms with Crippen molar-refractivity contribution >= 4 is 17.5 Å². The van der Waals surface area contributed by atoms with Gasteiger partial charge in [-0.25, -0.2) is 9.78 Å². The predicted octanol–water partition coefficient (Wildman–Crippen LogP) is 0.347. The molecule has 6 nitrogen and oxygen atoms in total. The molecule has 16 heavy (non-hydrogen) atoms. The van der Waals surface area contributed by atoms with Crippen molar-refractivity contribution in [3.63, 3.8) is 0 Å². The van der Waals surface area contributed by atoms with Crippen LogP contribution in [0.15, 0.2) is 18.3 Å². The van der Waals surface area contributed by atoms with E-state index in [4.69, 9.17) is 5.73 Å². The van der Waals surface area contributed by atoms with Gasteiger partial charge < -0.3 is 21.3 Å². The number of amides is 2. The fraction of sp³-hybridized carbons (Fsp3) is 0.400. The van der Waals surface area contributed by atoms with Crippen molar-refractivity contribution in [2.45, 2.75) is 0 Å². The summed E-state index contributed by atoms with van der Waals surface area (Å²) in [4.78, 5) is 16.6. The Bertz CT molecular complexity index is 353. The molecule has 2 amide bonds. The minimum atomic E-state index is -0.110. The minimum Gasteiger partial charge on any atom is -0.382 e. The summed E-state index contributed by atoms with van der Waals surface area (Å²) in [6, 6.07) is 3.54. The van der Waals surface area contributed by atoms with E-state index < -0.39 is 0 Å². The van der Waals surface area contributed by atoms with E-state index in [0.717, 1.165) is 5.69 Å². The van der Waals surface area contributed by atoms with Gasteiger partial charge in [0.15, 0.2) is 0 Å². The Morgan fingerprint density at radius 3 is 2.88 bits per heavy atom. The molecule has 0 saturated carbocycles. The number of urea groups is 1. The fourth-order valence-corrected chi connectivity index (χ4v) is 1.09. The SMILES string of the molecule is CN(C)C(=O)NCCNc1cccnc1N. The van der Waals surface area contributed by atoms with Crippen LogP contribution >= 0.6 is 0 Å². The number of nitrogens with one attached hydrogen (secondary N) is 2. The number of carbonyl (C=O) groups is 1. The van der Waals surface area contributed by atoms with Gasteiger partial charge >= 0.3 is 6.03 Å². The second-order valence-electron chi connectivity index (χ2n) is 3.49. The summed E-state index contributed by atoms with van der Waals surface area (Å²) in [5, 5.41) is 5.82. The van der Waals surface area contributed by atoms with Crippen LogP contribution in [0.3, 0.4) is 0 Å². The average molecular weight is 223 g/mol. The predicted molar refractivity (Wildman–Crippen MR) is 64.2 cm³/mol. The molecule has 0 aliphatic heterocycles. The zero-order valence-electron chi connectivity index (χ0n) is 9.53. The van der Waals surface area contributed by atoms with Gasteiger partial charge in [-0.2, -0.15) is 0 Å². The monoisotopic (exact) mass is 223 g/mol. The van der Waals surface area contributed by atoms with Crippen LogP contribution in [0.25, 0.3) is 0 Å². The third-order valence-corrected chi connectivity index (χ3v) is 1.96. The molecule has 0 radical (unpaired) electrons. The number of pyridine rings is 1. The van der Waals surface area contributed by atoms with Crippen LogP contribution in [0.2, 0.25) is 0 Å². The van der Waals surface area contributed by atoms with Crippen LogP contribution in [0.1, 0.15) is 0 Å². The molecule has 4 N–H and O–H groups in total. The van der Waals surface area contributed by atoms with Gasteiger partial charge in [-0.15, -0.1) is 0 Å². The molecule has 1 aromatic rings. The van der Waals surface area contributed by atoms with E-state index in [0.29, 0.717) is 18.9 Å². The number of hydrogen-bond acceptors (Lipinski definition) is 4. The maximum Gasteiger partial charge on any atom is 0.316 e. The van der Waals surface area contributed by atoms with Gasteiger partial charge in [0.05, 0.1) is 5.69 Å². The van der Waals surface area contributed by atoms with Crippen LogP contribution in [0.4, 0.5) is 16.3 Å². The third-order valence-electron chi connectivity index (χ3n) is 1.96. The summed E-state index contributed by atoms with van der Waals surface area (Å²) >= 11 is 0. The molecule has 1 aromatic heterocycles. The summed E-state index contributed by atoms with van der Waals surface area (Å²) in [6.45, 7) is 1.14. The molecule has 0 bridgehead atoms. The van der Waals surface area contributed by atoms with E-state index >= 15 is 0 Å². The highest BCUT2D eigenvalue weighted by atomic mass is 16.2. The minimum absolute atomic E-state index is 0.110. The number of nitrogens with zero attached hydrogens (tertiary/aromatic N) is 2. The maximum atomic E-state index is 11.2. The quantitative estimate of drug-likeness (QED) is 0.643. The average Bonchev–Trinajstić information content (AvgIpc) is 2.26. The summed E-state index contributed by atoms with van der Waals surface area (Å²) < 4.78 is 0. The Labute approximate surface area is 94.8 Å². The van der Waals surface area contributed by atoms with Crippen LogP contribution < -0.4 is 16.4 Å². The zero-order chi connectivity index (χ0) is 12.0. The molecule has 6 heteroatoms. The number of nitrogen functional groups attached to an aromatic ring is 1. The lowest BCUT2D eigenvalue weighted by atomic mass is 10.4. The van der Waals surface area contributed by atoms with Crippen molar-refractivity contribution in [3.05, 3.63) is 18.3 Å². The molecule has 0 spiro atoms. The van der Waals surface area contributed by atoms with Crippen molar-refractivity contribution in [1.29, 1.82) is 0 Å². The third kappa shape index (κ3) is 3.64. The van der Waals surface area contributed by atoms with Gasteiger partial charge in [-0.3, -0.25) is 0 Å². The summed E-state index contributed by atoms with van der Waals surface area (Å²) in [6.07, 6.45) is 1.63. The maximum absolute atomic E-state index is 11.2. The van der Waals surface area contributed by atoms with E-state index in [9.17, 15) is 4.79 Å². The van der Waals surface area contributed by atoms with Crippen LogP contribution in [0.5, 0.6) is 0 Å². The highest BCUT2D eigenvalue weighted by Gasteiger charge is 2.01. The lowest BCUT2D eigenvalue weighted by Gasteiger charge is -2.13. The van der Waals surface area contributed by atoms with E-state index in [2.05, 4.69) is 15.6 Å². The Balaban J connectivity index is 2.26. The molecule has 0 aliphatic rings. The van der Waals surface area contributed by atoms with Gasteiger partial charge in [-0.05, 0) is 12.1 Å². The second-order valence-corrected chi connectivity index (χ2v) is 3.49. The molecule has 0 saturated heterocycles. The van der Waals surface area contributed by atoms with Crippen molar-refractivity contribution in [2.24, 2.45) is 0 Å². The molecule has 0 fully saturated rings. The number of aromatic nitrogens is 1. The van der Waals surface area contributed by atoms with Crippen molar-refractivity contribution < 1.29 is 4.79 Å². The number of rotatable bonds is 4. The Morgan fingerprint density at radius 1 is 1.50 bits per heavy atom. The van der Waals surface area contributed by atoms with E-state index in [-0.39, 0.29) is 6.03 Å². The van der Waals surface area contributed by atoms with Crippen LogP contribution in [-0.2, 0) is 0 Å². The molecule has 88 valence electrons. The van der Waals surface area contributed by atoms with E-state index in [1.54, 1.807) is 26.4 Å². The lowest BCUT2D eigenvalue weighted by Crippen LogP contribution is -2.37. The van der Waals surface area contributed by atoms with Crippen LogP contribution in [-0.4, -0.2) is 43.1 Å². The number of nitrogens with two attached hydrogens (primary N) is 1. The number of anilines is 2. The first-order valence-electron chi connectivity index (χ1n) is 5.01. The smallest absolute Gasteiger partial charge is 0.316 e. The molecule has 0 unspecified atom stereocenters. The first-order chi connectivity index (χ1) is 7.61. The zero-order valence-corrected chi connectivity index (χ0v) is 9.53. The first kappa shape index (κ1) is 12.1. The highest BCUT2D eigenvalue weighted by Crippen LogP contribution is 2.12. The van der Waals surface area contributed by atoms with Crippen molar-refractivity contribution in [1.82, 2.24) is 15.2 Å². The van der Waals surface area contributed by atoms with Gasteiger partial charge in [0.1, 0.15) is 5.82 Å². The van der Waals surface area contributed by atoms with Gasteiger partial charge in [0.2, 0.25) is 0 Å². The number of hydrogen-bond donors (Lipinski definition) is 3. The molecular formula is C10H17N5O. The normalized spacial score (nSPS) is 9.62. The second kappa shape index (κ2) is 5.79. The summed E-state index contributed by atoms with van der Waals surface area (Å²) in [5.41, 5.74) is 6.42. The standard InChI is InChI=1S/C10H17N5O/c1-15(2)10(16)14-7-6-12-8-4-3-5-13-9(8)11/h3-5,12H,6-7H2,1-2H3,(H2,11,13)(H,14,16). The summed E-state index contributed by atoms with van der Waals surface area (Å²) in [5.74, 6) is 0.460. The van der Waals surface area contributed by atoms with Gasteiger partial charge in [0, 0.05) is 33.4 Å². The van der Waals surface area contributed by atoms with Crippen molar-refractivity contribution in [2.75, 3.05) is 38.2 Å². The lowest BCUT2D eigenvalue weighted by molar-refractivity contribution is 0.218. The molecular weight excluding hydrogens is 206 g/mol. The molecule has 1 rings (SSSR count). The molecule has 1 heterocycles. The van der Waals surface area contributed by atoms with E-state index in [1.807, 2.05) is 6.07 Å². The summed E-state index contributed by atoms with van der Waals surface area (Å²) in [7, 11) is 3.39. The Morgan fingerprint density at radius 2 is 2.25 bits per heavy atom. The van der Waals surface area contributed by atoms with Gasteiger partial charge in [0.25, 0.3) is 0 Å². The number of carbonyl (C=O) groups excluding carboxylic acids is 1. The van der Waals surface area contributed by atoms with Gasteiger partial charge in [-0.1, -0.05) is 0 Å². The highest BCUT2D eigenvalue weighted by molar-refractivity contribution is 5.73. The first-order valence-corrected chi connectivity index (χ1v) is 5.01. The Hall–Kier alpha value is -1.98. The largest absolute Gasteiger partial charge is 0.382 e. The fourth-order valence-electron chi connectivity index (χ4n) is 1.09.